The van der Waals surface area contributed by atoms with Crippen LogP contribution in [-0.2, 0) is 4.79 Å². The van der Waals surface area contributed by atoms with E-state index in [2.05, 4.69) is 26.1 Å². The van der Waals surface area contributed by atoms with Crippen molar-refractivity contribution in [3.05, 3.63) is 33.9 Å². The maximum atomic E-state index is 12.0. The van der Waals surface area contributed by atoms with Crippen LogP contribution < -0.4 is 11.1 Å². The fourth-order valence-electron chi connectivity index (χ4n) is 2.21. The van der Waals surface area contributed by atoms with Crippen LogP contribution in [0.5, 0.6) is 0 Å². The molecule has 0 fully saturated rings. The molecule has 0 heterocycles. The van der Waals surface area contributed by atoms with Crippen LogP contribution in [0.25, 0.3) is 0 Å². The second-order valence-electron chi connectivity index (χ2n) is 6.55. The molecule has 0 bridgehead atoms. The van der Waals surface area contributed by atoms with Crippen molar-refractivity contribution in [2.75, 3.05) is 5.32 Å². The number of amides is 1. The van der Waals surface area contributed by atoms with Gasteiger partial charge in [-0.3, -0.25) is 14.9 Å². The number of benzene rings is 1. The summed E-state index contributed by atoms with van der Waals surface area (Å²) in [5.74, 6) is -0.305. The first-order chi connectivity index (χ1) is 9.58. The normalized spacial score (nSPS) is 12.8. The third-order valence-corrected chi connectivity index (χ3v) is 2.94. The zero-order valence-corrected chi connectivity index (χ0v) is 13.0. The van der Waals surface area contributed by atoms with Gasteiger partial charge in [-0.15, -0.1) is 0 Å². The molecule has 1 unspecified atom stereocenters. The summed E-state index contributed by atoms with van der Waals surface area (Å²) in [6, 6.07) is 4.35. The molecule has 0 saturated heterocycles. The number of nitrogens with two attached hydrogens (primary N) is 1. The molecule has 1 aromatic carbocycles. The molecular formula is C15H23N3O3. The highest BCUT2D eigenvalue weighted by Gasteiger charge is 2.20. The number of carbonyl (C=O) groups is 1. The molecule has 0 radical (unpaired) electrons. The smallest absolute Gasteiger partial charge is 0.292 e. The standard InChI is InChI=1S/C15H23N3O3/c1-10-5-6-13(18(20)21)12(7-10)17-14(19)8-11(16)9-15(2,3)4/h5-7,11H,8-9,16H2,1-4H3,(H,17,19). The van der Waals surface area contributed by atoms with E-state index in [0.717, 1.165) is 5.56 Å². The summed E-state index contributed by atoms with van der Waals surface area (Å²) in [5.41, 5.74) is 6.93. The van der Waals surface area contributed by atoms with Crippen molar-refractivity contribution in [1.29, 1.82) is 0 Å². The Hall–Kier alpha value is -1.95. The lowest BCUT2D eigenvalue weighted by molar-refractivity contribution is -0.383. The first-order valence-corrected chi connectivity index (χ1v) is 6.89. The maximum Gasteiger partial charge on any atom is 0.292 e. The molecule has 0 saturated carbocycles. The number of nitro groups is 1. The van der Waals surface area contributed by atoms with Crippen molar-refractivity contribution < 1.29 is 9.72 Å². The van der Waals surface area contributed by atoms with Gasteiger partial charge < -0.3 is 11.1 Å². The van der Waals surface area contributed by atoms with Crippen molar-refractivity contribution in [3.63, 3.8) is 0 Å². The molecule has 0 aliphatic heterocycles. The summed E-state index contributed by atoms with van der Waals surface area (Å²) < 4.78 is 0. The van der Waals surface area contributed by atoms with Crippen molar-refractivity contribution in [3.8, 4) is 0 Å². The van der Waals surface area contributed by atoms with Crippen molar-refractivity contribution >= 4 is 17.3 Å². The van der Waals surface area contributed by atoms with E-state index < -0.39 is 4.92 Å². The molecule has 0 spiro atoms. The van der Waals surface area contributed by atoms with E-state index in [4.69, 9.17) is 5.73 Å². The summed E-state index contributed by atoms with van der Waals surface area (Å²) in [5, 5.41) is 13.5. The highest BCUT2D eigenvalue weighted by Crippen LogP contribution is 2.26. The summed E-state index contributed by atoms with van der Waals surface area (Å²) in [4.78, 5) is 22.4. The number of rotatable bonds is 5. The lowest BCUT2D eigenvalue weighted by Crippen LogP contribution is -2.31. The van der Waals surface area contributed by atoms with Crippen LogP contribution >= 0.6 is 0 Å². The zero-order chi connectivity index (χ0) is 16.2. The monoisotopic (exact) mass is 293 g/mol. The SMILES string of the molecule is Cc1ccc([N+](=O)[O-])c(NC(=O)CC(N)CC(C)(C)C)c1. The van der Waals surface area contributed by atoms with Crippen LogP contribution in [0.2, 0.25) is 0 Å². The van der Waals surface area contributed by atoms with Gasteiger partial charge in [0.1, 0.15) is 5.69 Å². The number of nitrogens with one attached hydrogen (secondary N) is 1. The van der Waals surface area contributed by atoms with Crippen LogP contribution in [0, 0.1) is 22.5 Å². The van der Waals surface area contributed by atoms with Gasteiger partial charge >= 0.3 is 0 Å². The number of aryl methyl sites for hydroxylation is 1. The van der Waals surface area contributed by atoms with Gasteiger partial charge in [-0.25, -0.2) is 0 Å². The molecule has 0 aliphatic rings. The van der Waals surface area contributed by atoms with Crippen molar-refractivity contribution in [2.45, 2.75) is 46.6 Å². The van der Waals surface area contributed by atoms with Crippen LogP contribution in [0.1, 0.15) is 39.2 Å². The molecule has 6 heteroatoms. The molecule has 0 aliphatic carbocycles. The van der Waals surface area contributed by atoms with E-state index in [1.54, 1.807) is 12.1 Å². The van der Waals surface area contributed by atoms with E-state index in [9.17, 15) is 14.9 Å². The van der Waals surface area contributed by atoms with Crippen LogP contribution in [0.15, 0.2) is 18.2 Å². The highest BCUT2D eigenvalue weighted by molar-refractivity contribution is 5.93. The number of hydrogen-bond donors (Lipinski definition) is 2. The van der Waals surface area contributed by atoms with Crippen molar-refractivity contribution in [1.82, 2.24) is 0 Å². The van der Waals surface area contributed by atoms with E-state index in [0.29, 0.717) is 6.42 Å². The predicted octanol–water partition coefficient (Wildman–Crippen LogP) is 3.00. The minimum absolute atomic E-state index is 0.0367. The highest BCUT2D eigenvalue weighted by atomic mass is 16.6. The Morgan fingerprint density at radius 1 is 1.43 bits per heavy atom. The summed E-state index contributed by atoms with van der Waals surface area (Å²) >= 11 is 0. The number of nitro benzene ring substituents is 1. The Bertz CT molecular complexity index is 535. The third-order valence-electron chi connectivity index (χ3n) is 2.94. The molecule has 21 heavy (non-hydrogen) atoms. The number of anilines is 1. The van der Waals surface area contributed by atoms with E-state index >= 15 is 0 Å². The predicted molar refractivity (Wildman–Crippen MR) is 83.1 cm³/mol. The fraction of sp³-hybridized carbons (Fsp3) is 0.533. The number of nitrogens with zero attached hydrogens (tertiary/aromatic N) is 1. The Morgan fingerprint density at radius 3 is 2.57 bits per heavy atom. The minimum atomic E-state index is -0.510. The Balaban J connectivity index is 2.75. The Morgan fingerprint density at radius 2 is 2.05 bits per heavy atom. The van der Waals surface area contributed by atoms with Gasteiger partial charge in [0, 0.05) is 18.5 Å². The lowest BCUT2D eigenvalue weighted by atomic mass is 9.87. The van der Waals surface area contributed by atoms with Gasteiger partial charge in [-0.1, -0.05) is 26.8 Å². The van der Waals surface area contributed by atoms with Crippen LogP contribution in [-0.4, -0.2) is 16.9 Å². The van der Waals surface area contributed by atoms with Gasteiger partial charge in [0.2, 0.25) is 5.91 Å². The molecular weight excluding hydrogens is 270 g/mol. The van der Waals surface area contributed by atoms with Crippen LogP contribution in [0.4, 0.5) is 11.4 Å². The minimum Gasteiger partial charge on any atom is -0.327 e. The Labute approximate surface area is 124 Å². The molecule has 1 amide bonds. The van der Waals surface area contributed by atoms with Gasteiger partial charge in [0.25, 0.3) is 5.69 Å². The largest absolute Gasteiger partial charge is 0.327 e. The Kier molecular flexibility index (Phi) is 5.43. The first kappa shape index (κ1) is 17.1. The summed E-state index contributed by atoms with van der Waals surface area (Å²) in [6.07, 6.45) is 0.846. The molecule has 116 valence electrons. The van der Waals surface area contributed by atoms with E-state index in [1.807, 2.05) is 6.92 Å². The van der Waals surface area contributed by atoms with Gasteiger partial charge in [0.15, 0.2) is 0 Å². The number of carbonyl (C=O) groups excluding carboxylic acids is 1. The number of hydrogen-bond acceptors (Lipinski definition) is 4. The third kappa shape index (κ3) is 5.91. The van der Waals surface area contributed by atoms with Gasteiger partial charge in [-0.05, 0) is 30.4 Å². The maximum absolute atomic E-state index is 12.0. The van der Waals surface area contributed by atoms with Gasteiger partial charge in [-0.2, -0.15) is 0 Å². The van der Waals surface area contributed by atoms with Crippen LogP contribution in [0.3, 0.4) is 0 Å². The fourth-order valence-corrected chi connectivity index (χ4v) is 2.21. The van der Waals surface area contributed by atoms with Crippen molar-refractivity contribution in [2.24, 2.45) is 11.1 Å². The molecule has 0 aromatic heterocycles. The summed E-state index contributed by atoms with van der Waals surface area (Å²) in [6.45, 7) is 7.97. The second-order valence-corrected chi connectivity index (χ2v) is 6.55. The first-order valence-electron chi connectivity index (χ1n) is 6.89. The molecule has 6 nitrogen and oxygen atoms in total. The average Bonchev–Trinajstić information content (AvgIpc) is 2.24. The second kappa shape index (κ2) is 6.67. The van der Waals surface area contributed by atoms with E-state index in [1.165, 1.54) is 6.07 Å². The lowest BCUT2D eigenvalue weighted by Gasteiger charge is -2.22. The molecule has 1 atom stereocenters. The zero-order valence-electron chi connectivity index (χ0n) is 13.0. The quantitative estimate of drug-likeness (QED) is 0.644. The summed E-state index contributed by atoms with van der Waals surface area (Å²) in [7, 11) is 0. The molecule has 1 aromatic rings. The topological polar surface area (TPSA) is 98.3 Å². The molecule has 1 rings (SSSR count). The average molecular weight is 293 g/mol. The molecule has 3 N–H and O–H groups in total. The van der Waals surface area contributed by atoms with E-state index in [-0.39, 0.29) is 35.2 Å². The van der Waals surface area contributed by atoms with Gasteiger partial charge in [0.05, 0.1) is 4.92 Å².